The summed E-state index contributed by atoms with van der Waals surface area (Å²) in [7, 11) is 0. The first-order chi connectivity index (χ1) is 38.2. The zero-order chi connectivity index (χ0) is 54.7. The van der Waals surface area contributed by atoms with Gasteiger partial charge in [0.25, 0.3) is 0 Å². The number of unbranched alkanes of at least 4 members (excludes halogenated alkanes) is 10. The molecule has 7 aromatic rings. The second kappa shape index (κ2) is 26.3. The summed E-state index contributed by atoms with van der Waals surface area (Å²) in [5, 5.41) is 19.6. The lowest BCUT2D eigenvalue weighted by molar-refractivity contribution is -0.132. The first-order valence-corrected chi connectivity index (χ1v) is 31.8. The van der Waals surface area contributed by atoms with Gasteiger partial charge in [-0.25, -0.2) is 4.79 Å². The van der Waals surface area contributed by atoms with Gasteiger partial charge in [-0.05, 0) is 167 Å². The van der Waals surface area contributed by atoms with Gasteiger partial charge in [0.2, 0.25) is 0 Å². The van der Waals surface area contributed by atoms with Crippen molar-refractivity contribution in [1.82, 2.24) is 0 Å². The Labute approximate surface area is 476 Å². The minimum Gasteiger partial charge on any atom is -0.477 e. The molecule has 6 heteroatoms. The summed E-state index contributed by atoms with van der Waals surface area (Å²) in [6, 6.07) is 49.4. The third-order valence-corrected chi connectivity index (χ3v) is 19.9. The van der Waals surface area contributed by atoms with Gasteiger partial charge in [0.15, 0.2) is 0 Å². The van der Waals surface area contributed by atoms with E-state index in [1.165, 1.54) is 171 Å². The molecular weight excluding hydrogens is 989 g/mol. The number of fused-ring (bicyclic) bond motifs is 6. The van der Waals surface area contributed by atoms with E-state index in [0.29, 0.717) is 0 Å². The number of hydrogen-bond acceptors (Lipinski definition) is 5. The third kappa shape index (κ3) is 11.5. The number of aliphatic carboxylic acids is 1. The number of carboxylic acids is 1. The fourth-order valence-corrected chi connectivity index (χ4v) is 15.8. The monoisotopic (exact) mass is 1070 g/mol. The Kier molecular flexibility index (Phi) is 19.1. The van der Waals surface area contributed by atoms with Crippen LogP contribution >= 0.6 is 22.7 Å². The smallest absolute Gasteiger partial charge is 0.346 e. The minimum absolute atomic E-state index is 0.0348. The van der Waals surface area contributed by atoms with E-state index < -0.39 is 5.97 Å². The van der Waals surface area contributed by atoms with Gasteiger partial charge in [-0.1, -0.05) is 204 Å². The van der Waals surface area contributed by atoms with E-state index in [1.807, 2.05) is 17.4 Å². The standard InChI is InChI=1S/C72H84N2O2S2/c1-7-13-19-21-27-52-45-58(46-54(50-73)70(75)76)77-68(52)69-53(28-22-20-14-8-2)47-67(78-69)51-33-35-55(36-34-51)74(56-37-39-61-59-29-23-25-31-63(59)71(41-15-9-3,42-16-10-4)65(61)48-56)57-38-40-62-60-30-24-26-32-64(60)72(43-17-11-5,44-18-12-6)66(62)49-57/h23-26,29-40,45-49H,7-22,27-28,41-44H2,1-6H3,(H,75,76)/b54-46+. The molecule has 0 fully saturated rings. The molecular formula is C72H84N2O2S2. The van der Waals surface area contributed by atoms with Gasteiger partial charge >= 0.3 is 5.97 Å². The maximum atomic E-state index is 12.0. The third-order valence-electron chi connectivity index (χ3n) is 17.3. The second-order valence-electron chi connectivity index (χ2n) is 22.6. The first-order valence-electron chi connectivity index (χ1n) is 30.2. The number of carboxylic acid groups (broad SMARTS) is 1. The van der Waals surface area contributed by atoms with E-state index in [1.54, 1.807) is 17.4 Å². The van der Waals surface area contributed by atoms with Crippen LogP contribution in [0.4, 0.5) is 17.1 Å². The van der Waals surface area contributed by atoms with E-state index >= 15 is 0 Å². The van der Waals surface area contributed by atoms with Gasteiger partial charge in [0.05, 0.1) is 0 Å². The van der Waals surface area contributed by atoms with E-state index in [0.717, 1.165) is 68.4 Å². The molecule has 0 saturated carbocycles. The maximum absolute atomic E-state index is 12.0. The van der Waals surface area contributed by atoms with Crippen molar-refractivity contribution in [2.24, 2.45) is 0 Å². The van der Waals surface area contributed by atoms with Crippen LogP contribution < -0.4 is 4.90 Å². The molecule has 4 nitrogen and oxygen atoms in total. The average Bonchev–Trinajstić information content (AvgIpc) is 4.10. The van der Waals surface area contributed by atoms with E-state index in [2.05, 4.69) is 168 Å². The minimum atomic E-state index is -1.18. The Morgan fingerprint density at radius 2 is 0.936 bits per heavy atom. The highest BCUT2D eigenvalue weighted by Gasteiger charge is 2.44. The second-order valence-corrected chi connectivity index (χ2v) is 24.7. The first kappa shape index (κ1) is 56.7. The number of anilines is 3. The molecule has 1 N–H and O–H groups in total. The van der Waals surface area contributed by atoms with Crippen molar-refractivity contribution >= 4 is 51.8 Å². The predicted molar refractivity (Wildman–Crippen MR) is 335 cm³/mol. The number of rotatable bonds is 29. The molecule has 0 radical (unpaired) electrons. The van der Waals surface area contributed by atoms with Crippen LogP contribution in [0, 0.1) is 11.3 Å². The molecule has 0 atom stereocenters. The van der Waals surface area contributed by atoms with Crippen LogP contribution in [-0.4, -0.2) is 11.1 Å². The fraction of sp³-hybridized carbons (Fsp3) is 0.417. The Morgan fingerprint density at radius 3 is 1.40 bits per heavy atom. The molecule has 5 aromatic carbocycles. The van der Waals surface area contributed by atoms with Gasteiger partial charge in [-0.2, -0.15) is 5.26 Å². The van der Waals surface area contributed by atoms with Gasteiger partial charge in [0, 0.05) is 47.4 Å². The van der Waals surface area contributed by atoms with Gasteiger partial charge < -0.3 is 10.0 Å². The molecule has 0 amide bonds. The zero-order valence-corrected chi connectivity index (χ0v) is 49.4. The van der Waals surface area contributed by atoms with E-state index in [9.17, 15) is 15.2 Å². The number of hydrogen-bond donors (Lipinski definition) is 1. The number of thiophene rings is 2. The van der Waals surface area contributed by atoms with E-state index in [4.69, 9.17) is 0 Å². The Bertz CT molecular complexity index is 3100. The van der Waals surface area contributed by atoms with Crippen molar-refractivity contribution in [3.05, 3.63) is 165 Å². The highest BCUT2D eigenvalue weighted by atomic mass is 32.1. The summed E-state index contributed by atoms with van der Waals surface area (Å²) in [4.78, 5) is 19.2. The van der Waals surface area contributed by atoms with Crippen LogP contribution in [0.15, 0.2) is 127 Å². The Balaban J connectivity index is 1.19. The molecule has 2 aliphatic rings. The van der Waals surface area contributed by atoms with Crippen LogP contribution in [0.25, 0.3) is 48.5 Å². The largest absolute Gasteiger partial charge is 0.477 e. The molecule has 2 aromatic heterocycles. The van der Waals surface area contributed by atoms with Crippen LogP contribution in [0.2, 0.25) is 0 Å². The quantitative estimate of drug-likeness (QED) is 0.0288. The van der Waals surface area contributed by atoms with Crippen molar-refractivity contribution in [2.75, 3.05) is 4.90 Å². The number of benzene rings is 5. The van der Waals surface area contributed by atoms with Crippen LogP contribution in [0.3, 0.4) is 0 Å². The lowest BCUT2D eigenvalue weighted by Crippen LogP contribution is -2.26. The summed E-state index contributed by atoms with van der Waals surface area (Å²) < 4.78 is 0. The topological polar surface area (TPSA) is 64.3 Å². The van der Waals surface area contributed by atoms with E-state index in [-0.39, 0.29) is 16.4 Å². The zero-order valence-electron chi connectivity index (χ0n) is 47.7. The highest BCUT2D eigenvalue weighted by Crippen LogP contribution is 2.58. The lowest BCUT2D eigenvalue weighted by atomic mass is 9.70. The van der Waals surface area contributed by atoms with Crippen LogP contribution in [-0.2, 0) is 28.5 Å². The molecule has 0 bridgehead atoms. The molecule has 9 rings (SSSR count). The molecule has 406 valence electrons. The van der Waals surface area contributed by atoms with Gasteiger partial charge in [0.1, 0.15) is 11.6 Å². The summed E-state index contributed by atoms with van der Waals surface area (Å²) in [6.07, 6.45) is 26.9. The summed E-state index contributed by atoms with van der Waals surface area (Å²) in [6.45, 7) is 13.9. The Morgan fingerprint density at radius 1 is 0.500 bits per heavy atom. The van der Waals surface area contributed by atoms with Crippen molar-refractivity contribution in [3.63, 3.8) is 0 Å². The molecule has 0 unspecified atom stereocenters. The number of carbonyl (C=O) groups is 1. The summed E-state index contributed by atoms with van der Waals surface area (Å²) in [5.74, 6) is -1.18. The maximum Gasteiger partial charge on any atom is 0.346 e. The van der Waals surface area contributed by atoms with Crippen molar-refractivity contribution in [2.45, 2.75) is 194 Å². The molecule has 2 heterocycles. The summed E-state index contributed by atoms with van der Waals surface area (Å²) >= 11 is 3.52. The molecule has 2 aliphatic carbocycles. The molecule has 78 heavy (non-hydrogen) atoms. The van der Waals surface area contributed by atoms with Crippen molar-refractivity contribution in [3.8, 4) is 48.5 Å². The SMILES string of the molecule is CCCCCCc1cc(/C=C(\C#N)C(=O)O)sc1-c1sc(-c2ccc(N(c3ccc4c(c3)C(CCCC)(CCCC)c3ccccc3-4)c3ccc4c(c3)C(CCCC)(CCCC)c3ccccc3-4)cc2)cc1CCCCCC. The molecule has 0 saturated heterocycles. The fourth-order valence-electron chi connectivity index (χ4n) is 13.2. The number of nitrogens with zero attached hydrogens (tertiary/aromatic N) is 2. The molecule has 0 spiro atoms. The average molecular weight is 1070 g/mol. The van der Waals surface area contributed by atoms with Crippen LogP contribution in [0.5, 0.6) is 0 Å². The van der Waals surface area contributed by atoms with Crippen molar-refractivity contribution in [1.29, 1.82) is 5.26 Å². The number of aryl methyl sites for hydroxylation is 2. The van der Waals surface area contributed by atoms with Gasteiger partial charge in [-0.15, -0.1) is 22.7 Å². The lowest BCUT2D eigenvalue weighted by Gasteiger charge is -2.35. The van der Waals surface area contributed by atoms with Crippen molar-refractivity contribution < 1.29 is 9.90 Å². The molecule has 0 aliphatic heterocycles. The van der Waals surface area contributed by atoms with Crippen LogP contribution in [0.1, 0.15) is 208 Å². The normalized spacial score (nSPS) is 13.7. The van der Waals surface area contributed by atoms with Gasteiger partial charge in [-0.3, -0.25) is 0 Å². The highest BCUT2D eigenvalue weighted by molar-refractivity contribution is 7.24. The predicted octanol–water partition coefficient (Wildman–Crippen LogP) is 22.1. The number of nitriles is 1. The summed E-state index contributed by atoms with van der Waals surface area (Å²) in [5.41, 5.74) is 18.7. The Hall–Kier alpha value is -6.00.